The molecule has 0 N–H and O–H groups in total. The van der Waals surface area contributed by atoms with Crippen LogP contribution < -0.4 is 0 Å². The average Bonchev–Trinajstić information content (AvgIpc) is 3.67. The number of rotatable bonds is 4. The SMILES string of the molecule is [C-]#[N+]c1ccc(C#N)c(-n2c3ccccc3c3cc(-c4ccc5c(c4)c4cc(-c6ccccc6)ccc4n5-c4ccccc4)ccc32)c1. The first kappa shape index (κ1) is 27.4. The Hall–Kier alpha value is -6.88. The number of nitriles is 1. The van der Waals surface area contributed by atoms with E-state index in [2.05, 4.69) is 147 Å². The lowest BCUT2D eigenvalue weighted by atomic mass is 9.99. The molecule has 0 atom stereocenters. The third-order valence-corrected chi connectivity index (χ3v) is 9.36. The zero-order valence-electron chi connectivity index (χ0n) is 25.8. The minimum Gasteiger partial charge on any atom is -0.309 e. The number of hydrogen-bond acceptors (Lipinski definition) is 1. The smallest absolute Gasteiger partial charge is 0.189 e. The zero-order chi connectivity index (χ0) is 32.2. The first-order chi connectivity index (χ1) is 23.7. The van der Waals surface area contributed by atoms with E-state index in [0.29, 0.717) is 16.9 Å². The van der Waals surface area contributed by atoms with E-state index in [1.165, 1.54) is 27.4 Å². The van der Waals surface area contributed by atoms with Crippen LogP contribution in [0.1, 0.15) is 5.56 Å². The molecule has 9 aromatic rings. The van der Waals surface area contributed by atoms with E-state index < -0.39 is 0 Å². The van der Waals surface area contributed by atoms with E-state index in [0.717, 1.165) is 44.1 Å². The van der Waals surface area contributed by atoms with E-state index >= 15 is 0 Å². The van der Waals surface area contributed by atoms with Crippen molar-refractivity contribution in [3.63, 3.8) is 0 Å². The largest absolute Gasteiger partial charge is 0.309 e. The molecule has 0 aliphatic carbocycles. The van der Waals surface area contributed by atoms with Gasteiger partial charge in [0.05, 0.1) is 39.9 Å². The van der Waals surface area contributed by atoms with Crippen molar-refractivity contribution in [3.8, 4) is 39.7 Å². The predicted molar refractivity (Wildman–Crippen MR) is 197 cm³/mol. The molecule has 0 spiro atoms. The van der Waals surface area contributed by atoms with Gasteiger partial charge in [0.25, 0.3) is 0 Å². The van der Waals surface area contributed by atoms with Crippen LogP contribution in [0.5, 0.6) is 0 Å². The maximum atomic E-state index is 9.99. The molecular weight excluding hydrogens is 585 g/mol. The first-order valence-electron chi connectivity index (χ1n) is 15.9. The molecule has 4 nitrogen and oxygen atoms in total. The van der Waals surface area contributed by atoms with Crippen LogP contribution in [0.2, 0.25) is 0 Å². The Morgan fingerprint density at radius 2 is 0.979 bits per heavy atom. The monoisotopic (exact) mass is 610 g/mol. The Morgan fingerprint density at radius 1 is 0.458 bits per heavy atom. The number of benzene rings is 7. The number of aromatic nitrogens is 2. The maximum absolute atomic E-state index is 9.99. The van der Waals surface area contributed by atoms with Gasteiger partial charge in [-0.05, 0) is 82.9 Å². The van der Waals surface area contributed by atoms with Crippen LogP contribution in [0, 0.1) is 17.9 Å². The Bertz CT molecular complexity index is 2790. The molecule has 7 aromatic carbocycles. The van der Waals surface area contributed by atoms with Crippen LogP contribution in [0.25, 0.3) is 82.1 Å². The van der Waals surface area contributed by atoms with Gasteiger partial charge in [-0.25, -0.2) is 4.85 Å². The molecule has 0 amide bonds. The van der Waals surface area contributed by atoms with Gasteiger partial charge in [-0.15, -0.1) is 0 Å². The van der Waals surface area contributed by atoms with Crippen molar-refractivity contribution in [2.45, 2.75) is 0 Å². The van der Waals surface area contributed by atoms with Crippen molar-refractivity contribution in [1.29, 1.82) is 5.26 Å². The van der Waals surface area contributed by atoms with Crippen LogP contribution in [0.3, 0.4) is 0 Å². The lowest BCUT2D eigenvalue weighted by molar-refractivity contribution is 1.17. The highest BCUT2D eigenvalue weighted by Gasteiger charge is 2.18. The molecule has 0 unspecified atom stereocenters. The number of nitrogens with zero attached hydrogens (tertiary/aromatic N) is 4. The average molecular weight is 611 g/mol. The molecule has 222 valence electrons. The molecule has 0 aliphatic rings. The Kier molecular flexibility index (Phi) is 6.22. The third-order valence-electron chi connectivity index (χ3n) is 9.36. The molecule has 0 fully saturated rings. The number of fused-ring (bicyclic) bond motifs is 6. The van der Waals surface area contributed by atoms with Crippen LogP contribution in [-0.2, 0) is 0 Å². The molecule has 0 aliphatic heterocycles. The summed E-state index contributed by atoms with van der Waals surface area (Å²) < 4.78 is 4.47. The molecule has 4 heteroatoms. The van der Waals surface area contributed by atoms with Gasteiger partial charge >= 0.3 is 0 Å². The van der Waals surface area contributed by atoms with Crippen molar-refractivity contribution in [3.05, 3.63) is 175 Å². The molecule has 9 rings (SSSR count). The van der Waals surface area contributed by atoms with Crippen molar-refractivity contribution in [2.24, 2.45) is 0 Å². The van der Waals surface area contributed by atoms with Gasteiger partial charge in [0.15, 0.2) is 5.69 Å². The van der Waals surface area contributed by atoms with E-state index in [9.17, 15) is 5.26 Å². The quantitative estimate of drug-likeness (QED) is 0.183. The standard InChI is InChI=1S/C44H26N4/c1-46-34-20-16-33(28-45)44(27-34)48-40-15-9-8-14-36(40)37-25-31(19-23-43(37)48)32-18-22-42-39(26-32)38-24-30(29-10-4-2-5-11-29)17-21-41(38)47(42)35-12-6-3-7-13-35/h2-27H. The molecule has 0 saturated heterocycles. The van der Waals surface area contributed by atoms with Crippen LogP contribution in [0.4, 0.5) is 5.69 Å². The normalized spacial score (nSPS) is 11.3. The molecular formula is C44H26N4. The van der Waals surface area contributed by atoms with E-state index in [1.54, 1.807) is 12.1 Å². The summed E-state index contributed by atoms with van der Waals surface area (Å²) in [6.07, 6.45) is 0. The van der Waals surface area contributed by atoms with Crippen molar-refractivity contribution >= 4 is 49.3 Å². The van der Waals surface area contributed by atoms with Gasteiger partial charge in [-0.1, -0.05) is 97.1 Å². The number of para-hydroxylation sites is 2. The summed E-state index contributed by atoms with van der Waals surface area (Å²) >= 11 is 0. The Labute approximate surface area is 277 Å². The third kappa shape index (κ3) is 4.22. The second kappa shape index (κ2) is 10.9. The molecule has 2 heterocycles. The minimum absolute atomic E-state index is 0.505. The summed E-state index contributed by atoms with van der Waals surface area (Å²) in [4.78, 5) is 3.65. The van der Waals surface area contributed by atoms with Crippen LogP contribution in [-0.4, -0.2) is 9.13 Å². The molecule has 2 aromatic heterocycles. The van der Waals surface area contributed by atoms with Gasteiger partial charge in [-0.3, -0.25) is 0 Å². The second-order valence-electron chi connectivity index (χ2n) is 12.0. The minimum atomic E-state index is 0.505. The first-order valence-corrected chi connectivity index (χ1v) is 15.9. The van der Waals surface area contributed by atoms with E-state index in [4.69, 9.17) is 6.57 Å². The van der Waals surface area contributed by atoms with E-state index in [-0.39, 0.29) is 0 Å². The summed E-state index contributed by atoms with van der Waals surface area (Å²) in [5, 5.41) is 14.6. The van der Waals surface area contributed by atoms with Crippen LogP contribution >= 0.6 is 0 Å². The highest BCUT2D eigenvalue weighted by molar-refractivity contribution is 6.13. The summed E-state index contributed by atoms with van der Waals surface area (Å²) in [5.41, 5.74) is 11.8. The molecule has 0 radical (unpaired) electrons. The lowest BCUT2D eigenvalue weighted by Gasteiger charge is -2.11. The van der Waals surface area contributed by atoms with Gasteiger partial charge in [0.1, 0.15) is 6.07 Å². The van der Waals surface area contributed by atoms with E-state index in [1.807, 2.05) is 18.2 Å². The van der Waals surface area contributed by atoms with Crippen LogP contribution in [0.15, 0.2) is 158 Å². The van der Waals surface area contributed by atoms with Gasteiger partial charge in [-0.2, -0.15) is 5.26 Å². The molecule has 48 heavy (non-hydrogen) atoms. The molecule has 0 saturated carbocycles. The zero-order valence-corrected chi connectivity index (χ0v) is 25.8. The topological polar surface area (TPSA) is 38.0 Å². The van der Waals surface area contributed by atoms with Gasteiger partial charge in [0.2, 0.25) is 0 Å². The Morgan fingerprint density at radius 3 is 1.60 bits per heavy atom. The predicted octanol–water partition coefficient (Wildman–Crippen LogP) is 11.6. The van der Waals surface area contributed by atoms with Crippen molar-refractivity contribution in [2.75, 3.05) is 0 Å². The second-order valence-corrected chi connectivity index (χ2v) is 12.0. The number of hydrogen-bond donors (Lipinski definition) is 0. The fourth-order valence-corrected chi connectivity index (χ4v) is 7.15. The summed E-state index contributed by atoms with van der Waals surface area (Å²) in [6, 6.07) is 57.0. The highest BCUT2D eigenvalue weighted by Crippen LogP contribution is 2.40. The fourth-order valence-electron chi connectivity index (χ4n) is 7.15. The van der Waals surface area contributed by atoms with Gasteiger partial charge in [0, 0.05) is 27.2 Å². The summed E-state index contributed by atoms with van der Waals surface area (Å²) in [5.74, 6) is 0. The van der Waals surface area contributed by atoms with Crippen molar-refractivity contribution in [1.82, 2.24) is 9.13 Å². The maximum Gasteiger partial charge on any atom is 0.189 e. The lowest BCUT2D eigenvalue weighted by Crippen LogP contribution is -1.97. The highest BCUT2D eigenvalue weighted by atomic mass is 15.0. The van der Waals surface area contributed by atoms with Crippen molar-refractivity contribution < 1.29 is 0 Å². The summed E-state index contributed by atoms with van der Waals surface area (Å²) in [7, 11) is 0. The fraction of sp³-hybridized carbons (Fsp3) is 0. The van der Waals surface area contributed by atoms with Gasteiger partial charge < -0.3 is 9.13 Å². The molecule has 0 bridgehead atoms. The summed E-state index contributed by atoms with van der Waals surface area (Å²) in [6.45, 7) is 7.59. The Balaban J connectivity index is 1.28.